The fraction of sp³-hybridized carbons (Fsp3) is 0.619. The summed E-state index contributed by atoms with van der Waals surface area (Å²) < 4.78 is 5.12. The number of hydrogen-bond donors (Lipinski definition) is 2. The second-order valence-corrected chi connectivity index (χ2v) is 7.72. The van der Waals surface area contributed by atoms with E-state index in [-0.39, 0.29) is 11.9 Å². The summed E-state index contributed by atoms with van der Waals surface area (Å²) in [4.78, 5) is 29.1. The Morgan fingerprint density at radius 1 is 1.18 bits per heavy atom. The first kappa shape index (κ1) is 20.6. The fourth-order valence-electron chi connectivity index (χ4n) is 3.92. The predicted molar refractivity (Wildman–Crippen MR) is 110 cm³/mol. The highest BCUT2D eigenvalue weighted by molar-refractivity contribution is 5.97. The Labute approximate surface area is 167 Å². The van der Waals surface area contributed by atoms with Gasteiger partial charge in [-0.3, -0.25) is 4.79 Å². The van der Waals surface area contributed by atoms with E-state index in [1.165, 1.54) is 6.42 Å². The van der Waals surface area contributed by atoms with Crippen molar-refractivity contribution < 1.29 is 14.3 Å². The number of carbonyl (C=O) groups excluding carboxylic acids is 2. The maximum atomic E-state index is 12.6. The van der Waals surface area contributed by atoms with E-state index in [2.05, 4.69) is 15.5 Å². The molecule has 3 amide bonds. The minimum Gasteiger partial charge on any atom is -0.383 e. The second-order valence-electron chi connectivity index (χ2n) is 7.72. The van der Waals surface area contributed by atoms with Crippen LogP contribution >= 0.6 is 0 Å². The van der Waals surface area contributed by atoms with Crippen LogP contribution in [-0.4, -0.2) is 74.7 Å². The Morgan fingerprint density at radius 2 is 2.00 bits per heavy atom. The molecular formula is C21H32N4O3. The van der Waals surface area contributed by atoms with Crippen LogP contribution in [0.15, 0.2) is 24.3 Å². The van der Waals surface area contributed by atoms with E-state index in [1.807, 2.05) is 23.1 Å². The van der Waals surface area contributed by atoms with Gasteiger partial charge >= 0.3 is 6.03 Å². The van der Waals surface area contributed by atoms with Crippen LogP contribution < -0.4 is 10.6 Å². The van der Waals surface area contributed by atoms with Crippen molar-refractivity contribution in [1.29, 1.82) is 0 Å². The van der Waals surface area contributed by atoms with Crippen molar-refractivity contribution in [2.75, 3.05) is 58.3 Å². The van der Waals surface area contributed by atoms with Gasteiger partial charge in [-0.05, 0) is 56.3 Å². The van der Waals surface area contributed by atoms with Crippen molar-refractivity contribution in [1.82, 2.24) is 15.1 Å². The molecule has 2 aliphatic rings. The van der Waals surface area contributed by atoms with Gasteiger partial charge in [0.15, 0.2) is 0 Å². The molecule has 7 nitrogen and oxygen atoms in total. The smallest absolute Gasteiger partial charge is 0.319 e. The van der Waals surface area contributed by atoms with Crippen LogP contribution in [0.25, 0.3) is 0 Å². The fourth-order valence-corrected chi connectivity index (χ4v) is 3.92. The second kappa shape index (κ2) is 10.4. The first-order valence-corrected chi connectivity index (χ1v) is 10.3. The molecule has 1 aromatic carbocycles. The largest absolute Gasteiger partial charge is 0.383 e. The summed E-state index contributed by atoms with van der Waals surface area (Å²) in [5, 5.41) is 5.81. The molecule has 0 saturated carbocycles. The van der Waals surface area contributed by atoms with Gasteiger partial charge in [-0.1, -0.05) is 6.07 Å². The summed E-state index contributed by atoms with van der Waals surface area (Å²) in [6.45, 7) is 6.02. The Morgan fingerprint density at radius 3 is 2.79 bits per heavy atom. The van der Waals surface area contributed by atoms with Crippen LogP contribution in [0.1, 0.15) is 36.0 Å². The molecule has 1 atom stereocenters. The average Bonchev–Trinajstić information content (AvgIpc) is 3.19. The summed E-state index contributed by atoms with van der Waals surface area (Å²) in [5.74, 6) is 0.514. The summed E-state index contributed by atoms with van der Waals surface area (Å²) in [6, 6.07) is 6.98. The van der Waals surface area contributed by atoms with Gasteiger partial charge in [0.1, 0.15) is 0 Å². The van der Waals surface area contributed by atoms with E-state index in [9.17, 15) is 9.59 Å². The SMILES string of the molecule is COCCN1CC[C@H](CNC(=O)Nc2cccc(C(=O)N3CCCCC3)c2)C1. The van der Waals surface area contributed by atoms with Crippen LogP contribution in [0.4, 0.5) is 10.5 Å². The van der Waals surface area contributed by atoms with Crippen molar-refractivity contribution in [3.63, 3.8) is 0 Å². The third kappa shape index (κ3) is 5.94. The standard InChI is InChI=1S/C21H32N4O3/c1-28-13-12-24-11-8-17(16-24)15-22-21(27)23-19-7-5-6-18(14-19)20(26)25-9-3-2-4-10-25/h5-7,14,17H,2-4,8-13,15-16H2,1H3,(H2,22,23,27)/t17-/m1/s1. The molecule has 1 aromatic rings. The molecule has 0 bridgehead atoms. The number of benzene rings is 1. The van der Waals surface area contributed by atoms with Gasteiger partial charge in [-0.15, -0.1) is 0 Å². The number of ether oxygens (including phenoxy) is 1. The van der Waals surface area contributed by atoms with E-state index in [1.54, 1.807) is 13.2 Å². The minimum atomic E-state index is -0.224. The molecule has 2 fully saturated rings. The molecule has 0 aliphatic carbocycles. The molecule has 0 aromatic heterocycles. The van der Waals surface area contributed by atoms with Crippen LogP contribution in [0.2, 0.25) is 0 Å². The zero-order chi connectivity index (χ0) is 19.8. The number of piperidine rings is 1. The summed E-state index contributed by atoms with van der Waals surface area (Å²) in [7, 11) is 1.72. The number of likely N-dealkylation sites (tertiary alicyclic amines) is 2. The third-order valence-electron chi connectivity index (χ3n) is 5.54. The number of anilines is 1. The Hall–Kier alpha value is -2.12. The molecule has 0 unspecified atom stereocenters. The van der Waals surface area contributed by atoms with Crippen molar-refractivity contribution >= 4 is 17.6 Å². The summed E-state index contributed by atoms with van der Waals surface area (Å²) in [6.07, 6.45) is 4.41. The van der Waals surface area contributed by atoms with Crippen molar-refractivity contribution in [2.24, 2.45) is 5.92 Å². The number of carbonyl (C=O) groups is 2. The molecule has 2 heterocycles. The number of methoxy groups -OCH3 is 1. The van der Waals surface area contributed by atoms with Gasteiger partial charge < -0.3 is 25.2 Å². The highest BCUT2D eigenvalue weighted by Crippen LogP contribution is 2.17. The molecule has 0 spiro atoms. The van der Waals surface area contributed by atoms with E-state index in [4.69, 9.17) is 4.74 Å². The summed E-state index contributed by atoms with van der Waals surface area (Å²) >= 11 is 0. The number of nitrogens with zero attached hydrogens (tertiary/aromatic N) is 2. The summed E-state index contributed by atoms with van der Waals surface area (Å²) in [5.41, 5.74) is 1.28. The van der Waals surface area contributed by atoms with Crippen molar-refractivity contribution in [3.05, 3.63) is 29.8 Å². The molecule has 7 heteroatoms. The van der Waals surface area contributed by atoms with Gasteiger partial charge in [-0.25, -0.2) is 4.79 Å². The minimum absolute atomic E-state index is 0.0471. The Kier molecular flexibility index (Phi) is 7.68. The number of urea groups is 1. The Bertz CT molecular complexity index is 661. The lowest BCUT2D eigenvalue weighted by atomic mass is 10.1. The van der Waals surface area contributed by atoms with Gasteiger partial charge in [0, 0.05) is 51.1 Å². The van der Waals surface area contributed by atoms with E-state index < -0.39 is 0 Å². The van der Waals surface area contributed by atoms with Crippen molar-refractivity contribution in [3.8, 4) is 0 Å². The van der Waals surface area contributed by atoms with Crippen LogP contribution in [0.5, 0.6) is 0 Å². The monoisotopic (exact) mass is 388 g/mol. The molecule has 0 radical (unpaired) electrons. The zero-order valence-corrected chi connectivity index (χ0v) is 16.8. The van der Waals surface area contributed by atoms with Crippen LogP contribution in [0.3, 0.4) is 0 Å². The van der Waals surface area contributed by atoms with Gasteiger partial charge in [0.25, 0.3) is 5.91 Å². The van der Waals surface area contributed by atoms with Gasteiger partial charge in [0.2, 0.25) is 0 Å². The Balaban J connectivity index is 1.45. The topological polar surface area (TPSA) is 73.9 Å². The number of nitrogens with one attached hydrogen (secondary N) is 2. The quantitative estimate of drug-likeness (QED) is 0.752. The lowest BCUT2D eigenvalue weighted by Gasteiger charge is -2.26. The highest BCUT2D eigenvalue weighted by Gasteiger charge is 2.22. The van der Waals surface area contributed by atoms with E-state index in [0.717, 1.165) is 58.6 Å². The molecule has 2 aliphatic heterocycles. The third-order valence-corrected chi connectivity index (χ3v) is 5.54. The maximum absolute atomic E-state index is 12.6. The molecule has 2 saturated heterocycles. The molecular weight excluding hydrogens is 356 g/mol. The first-order valence-electron chi connectivity index (χ1n) is 10.3. The van der Waals surface area contributed by atoms with E-state index >= 15 is 0 Å². The lowest BCUT2D eigenvalue weighted by molar-refractivity contribution is 0.0724. The number of amides is 3. The maximum Gasteiger partial charge on any atom is 0.319 e. The van der Waals surface area contributed by atoms with E-state index in [0.29, 0.717) is 23.7 Å². The number of hydrogen-bond acceptors (Lipinski definition) is 4. The van der Waals surface area contributed by atoms with Crippen molar-refractivity contribution in [2.45, 2.75) is 25.7 Å². The highest BCUT2D eigenvalue weighted by atomic mass is 16.5. The molecule has 3 rings (SSSR count). The van der Waals surface area contributed by atoms with Gasteiger partial charge in [-0.2, -0.15) is 0 Å². The molecule has 154 valence electrons. The average molecular weight is 389 g/mol. The zero-order valence-electron chi connectivity index (χ0n) is 16.8. The van der Waals surface area contributed by atoms with Crippen LogP contribution in [0, 0.1) is 5.92 Å². The molecule has 28 heavy (non-hydrogen) atoms. The van der Waals surface area contributed by atoms with Gasteiger partial charge in [0.05, 0.1) is 6.61 Å². The molecule has 2 N–H and O–H groups in total. The van der Waals surface area contributed by atoms with Crippen LogP contribution in [-0.2, 0) is 4.74 Å². The lowest BCUT2D eigenvalue weighted by Crippen LogP contribution is -2.36. The normalized spacial score (nSPS) is 20.2. The predicted octanol–water partition coefficient (Wildman–Crippen LogP) is 2.40. The number of rotatable bonds is 7. The first-order chi connectivity index (χ1) is 13.7.